The second kappa shape index (κ2) is 6.68. The van der Waals surface area contributed by atoms with Gasteiger partial charge in [-0.25, -0.2) is 4.79 Å². The first-order chi connectivity index (χ1) is 11.5. The number of nitrogens with one attached hydrogen (secondary N) is 1. The molecule has 2 aliphatic heterocycles. The van der Waals surface area contributed by atoms with Gasteiger partial charge in [-0.15, -0.1) is 0 Å². The Kier molecular flexibility index (Phi) is 4.62. The molecule has 0 unspecified atom stereocenters. The van der Waals surface area contributed by atoms with E-state index < -0.39 is 18.2 Å². The van der Waals surface area contributed by atoms with Crippen molar-refractivity contribution in [3.05, 3.63) is 29.3 Å². The van der Waals surface area contributed by atoms with Gasteiger partial charge < -0.3 is 19.9 Å². The highest BCUT2D eigenvalue weighted by molar-refractivity contribution is 6.30. The molecule has 0 radical (unpaired) electrons. The summed E-state index contributed by atoms with van der Waals surface area (Å²) in [4.78, 5) is 39.8. The van der Waals surface area contributed by atoms with Crippen molar-refractivity contribution in [3.63, 3.8) is 0 Å². The highest BCUT2D eigenvalue weighted by atomic mass is 35.5. The average molecular weight is 352 g/mol. The molecule has 0 aliphatic carbocycles. The number of hydrogen-bond donors (Lipinski definition) is 1. The maximum absolute atomic E-state index is 12.3. The van der Waals surface area contributed by atoms with E-state index in [1.54, 1.807) is 29.2 Å². The summed E-state index contributed by atoms with van der Waals surface area (Å²) in [6.45, 7) is 2.63. The zero-order valence-corrected chi connectivity index (χ0v) is 14.0. The van der Waals surface area contributed by atoms with Crippen LogP contribution in [-0.2, 0) is 9.59 Å². The number of nitrogens with zero attached hydrogens (tertiary/aromatic N) is 2. The Morgan fingerprint density at radius 1 is 1.29 bits per heavy atom. The summed E-state index contributed by atoms with van der Waals surface area (Å²) in [6, 6.07) is 5.31. The molecule has 0 bridgehead atoms. The highest BCUT2D eigenvalue weighted by Crippen LogP contribution is 2.20. The number of fused-ring (bicyclic) bond motifs is 1. The Bertz CT molecular complexity index is 664. The molecule has 2 saturated heterocycles. The maximum Gasteiger partial charge on any atom is 0.415 e. The lowest BCUT2D eigenvalue weighted by Crippen LogP contribution is -2.69. The number of halogens is 1. The van der Waals surface area contributed by atoms with Crippen LogP contribution >= 0.6 is 11.6 Å². The van der Waals surface area contributed by atoms with E-state index in [-0.39, 0.29) is 18.4 Å². The van der Waals surface area contributed by atoms with Crippen molar-refractivity contribution in [2.24, 2.45) is 0 Å². The molecule has 7 nitrogen and oxygen atoms in total. The van der Waals surface area contributed by atoms with E-state index in [0.29, 0.717) is 30.3 Å². The Morgan fingerprint density at radius 3 is 2.67 bits per heavy atom. The lowest BCUT2D eigenvalue weighted by Gasteiger charge is -2.44. The van der Waals surface area contributed by atoms with Gasteiger partial charge in [-0.3, -0.25) is 9.59 Å². The molecule has 8 heteroatoms. The second-order valence-electron chi connectivity index (χ2n) is 5.78. The summed E-state index contributed by atoms with van der Waals surface area (Å²) in [7, 11) is 0. The van der Waals surface area contributed by atoms with Crippen molar-refractivity contribution in [3.8, 4) is 5.75 Å². The number of piperazine rings is 2. The van der Waals surface area contributed by atoms with Crippen LogP contribution in [0.15, 0.2) is 24.3 Å². The molecule has 0 aromatic heterocycles. The van der Waals surface area contributed by atoms with Gasteiger partial charge in [-0.1, -0.05) is 18.5 Å². The first kappa shape index (κ1) is 16.6. The molecule has 2 aliphatic rings. The molecule has 1 aromatic carbocycles. The van der Waals surface area contributed by atoms with Gasteiger partial charge in [-0.2, -0.15) is 0 Å². The third-order valence-electron chi connectivity index (χ3n) is 4.27. The molecule has 3 amide bonds. The summed E-state index contributed by atoms with van der Waals surface area (Å²) >= 11 is 5.79. The molecule has 2 heterocycles. The Hall–Kier alpha value is -2.28. The SMILES string of the molecule is CC[C@@H]1NC(=O)[C@H]2CN(C(=O)Oc3ccc(Cl)cc3)CCN2C1=O. The third kappa shape index (κ3) is 3.17. The minimum Gasteiger partial charge on any atom is -0.410 e. The predicted octanol–water partition coefficient (Wildman–Crippen LogP) is 1.26. The summed E-state index contributed by atoms with van der Waals surface area (Å²) in [5, 5.41) is 3.25. The minimum atomic E-state index is -0.660. The maximum atomic E-state index is 12.3. The van der Waals surface area contributed by atoms with Gasteiger partial charge in [0.2, 0.25) is 11.8 Å². The fraction of sp³-hybridized carbons (Fsp3) is 0.438. The number of ether oxygens (including phenoxy) is 1. The number of carbonyl (C=O) groups is 3. The Balaban J connectivity index is 1.66. The van der Waals surface area contributed by atoms with Crippen LogP contribution in [0.1, 0.15) is 13.3 Å². The third-order valence-corrected chi connectivity index (χ3v) is 4.52. The molecule has 0 spiro atoms. The van der Waals surface area contributed by atoms with Crippen molar-refractivity contribution in [1.82, 2.24) is 15.1 Å². The minimum absolute atomic E-state index is 0.0900. The molecule has 128 valence electrons. The zero-order valence-electron chi connectivity index (χ0n) is 13.2. The first-order valence-electron chi connectivity index (χ1n) is 7.82. The largest absolute Gasteiger partial charge is 0.415 e. The van der Waals surface area contributed by atoms with Gasteiger partial charge in [0.1, 0.15) is 17.8 Å². The van der Waals surface area contributed by atoms with E-state index in [0.717, 1.165) is 0 Å². The zero-order chi connectivity index (χ0) is 17.3. The van der Waals surface area contributed by atoms with Gasteiger partial charge in [0.15, 0.2) is 0 Å². The molecule has 1 aromatic rings. The fourth-order valence-corrected chi connectivity index (χ4v) is 3.04. The standard InChI is InChI=1S/C16H18ClN3O4/c1-2-12-15(22)20-8-7-19(9-13(20)14(21)18-12)16(23)24-11-5-3-10(17)4-6-11/h3-6,12-13H,2,7-9H2,1H3,(H,18,21)/t12-,13+/m0/s1. The second-order valence-corrected chi connectivity index (χ2v) is 6.22. The molecule has 2 fully saturated rings. The topological polar surface area (TPSA) is 79.0 Å². The van der Waals surface area contributed by atoms with Crippen LogP contribution in [-0.4, -0.2) is 59.4 Å². The fourth-order valence-electron chi connectivity index (χ4n) is 2.91. The van der Waals surface area contributed by atoms with E-state index >= 15 is 0 Å². The van der Waals surface area contributed by atoms with Gasteiger partial charge in [0, 0.05) is 18.1 Å². The van der Waals surface area contributed by atoms with Gasteiger partial charge in [0.05, 0.1) is 6.54 Å². The van der Waals surface area contributed by atoms with Crippen LogP contribution in [0, 0.1) is 0 Å². The quantitative estimate of drug-likeness (QED) is 0.870. The number of carbonyl (C=O) groups excluding carboxylic acids is 3. The van der Waals surface area contributed by atoms with Crippen molar-refractivity contribution < 1.29 is 19.1 Å². The van der Waals surface area contributed by atoms with E-state index in [1.807, 2.05) is 6.92 Å². The Labute approximate surface area is 144 Å². The average Bonchev–Trinajstić information content (AvgIpc) is 2.59. The number of rotatable bonds is 2. The van der Waals surface area contributed by atoms with Gasteiger partial charge in [-0.05, 0) is 30.7 Å². The number of amides is 3. The highest BCUT2D eigenvalue weighted by Gasteiger charge is 2.43. The summed E-state index contributed by atoms with van der Waals surface area (Å²) in [5.41, 5.74) is 0. The van der Waals surface area contributed by atoms with E-state index in [1.165, 1.54) is 4.90 Å². The van der Waals surface area contributed by atoms with E-state index in [9.17, 15) is 14.4 Å². The molecule has 24 heavy (non-hydrogen) atoms. The van der Waals surface area contributed by atoms with Crippen LogP contribution in [0.2, 0.25) is 5.02 Å². The van der Waals surface area contributed by atoms with Crippen molar-refractivity contribution in [2.45, 2.75) is 25.4 Å². The predicted molar refractivity (Wildman–Crippen MR) is 86.8 cm³/mol. The summed E-state index contributed by atoms with van der Waals surface area (Å²) < 4.78 is 5.29. The van der Waals surface area contributed by atoms with Crippen molar-refractivity contribution in [1.29, 1.82) is 0 Å². The smallest absolute Gasteiger partial charge is 0.410 e. The number of hydrogen-bond acceptors (Lipinski definition) is 4. The molecular formula is C16H18ClN3O4. The van der Waals surface area contributed by atoms with Crippen LogP contribution in [0.25, 0.3) is 0 Å². The van der Waals surface area contributed by atoms with E-state index in [4.69, 9.17) is 16.3 Å². The summed E-state index contributed by atoms with van der Waals surface area (Å²) in [6.07, 6.45) is 0.00525. The lowest BCUT2D eigenvalue weighted by molar-refractivity contribution is -0.152. The molecule has 3 rings (SSSR count). The first-order valence-corrected chi connectivity index (χ1v) is 8.20. The molecular weight excluding hydrogens is 334 g/mol. The van der Waals surface area contributed by atoms with Gasteiger partial charge in [0.25, 0.3) is 0 Å². The summed E-state index contributed by atoms with van der Waals surface area (Å²) in [5.74, 6) is 0.0558. The van der Waals surface area contributed by atoms with Crippen LogP contribution in [0.4, 0.5) is 4.79 Å². The van der Waals surface area contributed by atoms with Gasteiger partial charge >= 0.3 is 6.09 Å². The Morgan fingerprint density at radius 2 is 2.00 bits per heavy atom. The van der Waals surface area contributed by atoms with Crippen LogP contribution in [0.5, 0.6) is 5.75 Å². The molecule has 1 N–H and O–H groups in total. The van der Waals surface area contributed by atoms with Crippen LogP contribution in [0.3, 0.4) is 0 Å². The van der Waals surface area contributed by atoms with Crippen molar-refractivity contribution >= 4 is 29.5 Å². The van der Waals surface area contributed by atoms with E-state index in [2.05, 4.69) is 5.32 Å². The monoisotopic (exact) mass is 351 g/mol. The molecule has 2 atom stereocenters. The van der Waals surface area contributed by atoms with Crippen molar-refractivity contribution in [2.75, 3.05) is 19.6 Å². The molecule has 0 saturated carbocycles. The lowest BCUT2D eigenvalue weighted by atomic mass is 10.0. The van der Waals surface area contributed by atoms with Crippen LogP contribution < -0.4 is 10.1 Å². The normalized spacial score (nSPS) is 23.6. The number of benzene rings is 1.